The van der Waals surface area contributed by atoms with Crippen molar-refractivity contribution in [2.24, 2.45) is 5.92 Å². The molecule has 9 heteroatoms. The van der Waals surface area contributed by atoms with Crippen LogP contribution < -0.4 is 10.5 Å². The highest BCUT2D eigenvalue weighted by Crippen LogP contribution is 2.22. The fraction of sp³-hybridized carbons (Fsp3) is 0.412. The number of aromatic nitrogens is 7. The van der Waals surface area contributed by atoms with Crippen molar-refractivity contribution < 1.29 is 0 Å². The van der Waals surface area contributed by atoms with E-state index in [9.17, 15) is 4.79 Å². The van der Waals surface area contributed by atoms with E-state index in [1.54, 1.807) is 23.3 Å². The van der Waals surface area contributed by atoms with Crippen LogP contribution in [0.1, 0.15) is 18.5 Å². The van der Waals surface area contributed by atoms with Crippen molar-refractivity contribution in [3.63, 3.8) is 0 Å². The van der Waals surface area contributed by atoms with E-state index in [-0.39, 0.29) is 5.56 Å². The second kappa shape index (κ2) is 7.03. The summed E-state index contributed by atoms with van der Waals surface area (Å²) in [5.74, 6) is 1.91. The van der Waals surface area contributed by atoms with Crippen molar-refractivity contribution in [1.82, 2.24) is 34.5 Å². The van der Waals surface area contributed by atoms with Gasteiger partial charge in [0.05, 0.1) is 18.1 Å². The molecule has 1 aliphatic heterocycles. The molecular formula is C17H20N8O. The van der Waals surface area contributed by atoms with Crippen molar-refractivity contribution in [2.75, 3.05) is 18.0 Å². The van der Waals surface area contributed by atoms with Gasteiger partial charge in [-0.1, -0.05) is 0 Å². The van der Waals surface area contributed by atoms with Gasteiger partial charge in [-0.15, -0.1) is 5.10 Å². The molecule has 3 aromatic heterocycles. The van der Waals surface area contributed by atoms with Gasteiger partial charge in [-0.25, -0.2) is 19.3 Å². The van der Waals surface area contributed by atoms with Crippen LogP contribution in [0.3, 0.4) is 0 Å². The molecule has 134 valence electrons. The predicted molar refractivity (Wildman–Crippen MR) is 95.1 cm³/mol. The molecule has 0 spiro atoms. The van der Waals surface area contributed by atoms with Crippen LogP contribution >= 0.6 is 0 Å². The molecular weight excluding hydrogens is 332 g/mol. The van der Waals surface area contributed by atoms with Crippen molar-refractivity contribution in [3.8, 4) is 5.82 Å². The van der Waals surface area contributed by atoms with Gasteiger partial charge in [0.2, 0.25) is 0 Å². The SMILES string of the molecule is Cc1cnc(N2CCC(Cn3nc(-n4cncn4)ccc3=O)CC2)cn1. The summed E-state index contributed by atoms with van der Waals surface area (Å²) in [6, 6.07) is 3.19. The molecule has 0 saturated carbocycles. The first-order valence-electron chi connectivity index (χ1n) is 8.66. The molecule has 26 heavy (non-hydrogen) atoms. The maximum absolute atomic E-state index is 12.2. The normalized spacial score (nSPS) is 15.3. The molecule has 0 radical (unpaired) electrons. The van der Waals surface area contributed by atoms with Gasteiger partial charge in [-0.2, -0.15) is 5.10 Å². The lowest BCUT2D eigenvalue weighted by atomic mass is 9.97. The van der Waals surface area contributed by atoms with Crippen LogP contribution in [0.25, 0.3) is 5.82 Å². The summed E-state index contributed by atoms with van der Waals surface area (Å²) in [7, 11) is 0. The second-order valence-corrected chi connectivity index (χ2v) is 6.50. The summed E-state index contributed by atoms with van der Waals surface area (Å²) in [6.45, 7) is 4.34. The van der Waals surface area contributed by atoms with Crippen molar-refractivity contribution in [3.05, 3.63) is 53.2 Å². The molecule has 0 atom stereocenters. The molecule has 0 aromatic carbocycles. The number of anilines is 1. The Labute approximate surface area is 150 Å². The van der Waals surface area contributed by atoms with Gasteiger partial charge < -0.3 is 4.90 Å². The molecule has 0 N–H and O–H groups in total. The Kier molecular flexibility index (Phi) is 4.42. The molecule has 9 nitrogen and oxygen atoms in total. The lowest BCUT2D eigenvalue weighted by Crippen LogP contribution is -2.37. The zero-order valence-corrected chi connectivity index (χ0v) is 14.6. The molecule has 1 saturated heterocycles. The van der Waals surface area contributed by atoms with Crippen LogP contribution in [0.4, 0.5) is 5.82 Å². The van der Waals surface area contributed by atoms with E-state index in [0.29, 0.717) is 18.3 Å². The first-order chi connectivity index (χ1) is 12.7. The highest BCUT2D eigenvalue weighted by atomic mass is 16.1. The predicted octanol–water partition coefficient (Wildman–Crippen LogP) is 0.839. The number of hydrogen-bond donors (Lipinski definition) is 0. The highest BCUT2D eigenvalue weighted by molar-refractivity contribution is 5.36. The molecule has 0 bridgehead atoms. The fourth-order valence-corrected chi connectivity index (χ4v) is 3.16. The van der Waals surface area contributed by atoms with Crippen LogP contribution in [0.5, 0.6) is 0 Å². The minimum atomic E-state index is -0.0966. The zero-order chi connectivity index (χ0) is 17.9. The summed E-state index contributed by atoms with van der Waals surface area (Å²) in [6.07, 6.45) is 8.59. The molecule has 1 fully saturated rings. The third-order valence-electron chi connectivity index (χ3n) is 4.64. The summed E-state index contributed by atoms with van der Waals surface area (Å²) < 4.78 is 3.08. The van der Waals surface area contributed by atoms with Crippen LogP contribution in [-0.2, 0) is 6.54 Å². The van der Waals surface area contributed by atoms with Gasteiger partial charge in [0.15, 0.2) is 5.82 Å². The Morgan fingerprint density at radius 1 is 1.12 bits per heavy atom. The average molecular weight is 352 g/mol. The number of piperidine rings is 1. The molecule has 0 aliphatic carbocycles. The highest BCUT2D eigenvalue weighted by Gasteiger charge is 2.21. The minimum absolute atomic E-state index is 0.0966. The number of rotatable bonds is 4. The van der Waals surface area contributed by atoms with Crippen molar-refractivity contribution in [2.45, 2.75) is 26.3 Å². The summed E-state index contributed by atoms with van der Waals surface area (Å²) in [5, 5.41) is 8.49. The molecule has 0 unspecified atom stereocenters. The third kappa shape index (κ3) is 3.46. The summed E-state index contributed by atoms with van der Waals surface area (Å²) in [4.78, 5) is 27.1. The lowest BCUT2D eigenvalue weighted by Gasteiger charge is -2.32. The summed E-state index contributed by atoms with van der Waals surface area (Å²) in [5.41, 5.74) is 0.821. The van der Waals surface area contributed by atoms with E-state index in [1.165, 1.54) is 17.1 Å². The first kappa shape index (κ1) is 16.4. The molecule has 1 aliphatic rings. The Morgan fingerprint density at radius 3 is 2.65 bits per heavy atom. The Hall–Kier alpha value is -3.10. The number of nitrogens with zero attached hydrogens (tertiary/aromatic N) is 8. The second-order valence-electron chi connectivity index (χ2n) is 6.50. The van der Waals surface area contributed by atoms with Crippen LogP contribution in [0.2, 0.25) is 0 Å². The van der Waals surface area contributed by atoms with Gasteiger partial charge in [-0.3, -0.25) is 9.78 Å². The molecule has 0 amide bonds. The molecule has 4 heterocycles. The molecule has 4 rings (SSSR count). The van der Waals surface area contributed by atoms with Gasteiger partial charge in [0.25, 0.3) is 5.56 Å². The monoisotopic (exact) mass is 352 g/mol. The Morgan fingerprint density at radius 2 is 1.96 bits per heavy atom. The first-order valence-corrected chi connectivity index (χ1v) is 8.66. The average Bonchev–Trinajstić information content (AvgIpc) is 3.20. The van der Waals surface area contributed by atoms with Crippen molar-refractivity contribution in [1.29, 1.82) is 0 Å². The largest absolute Gasteiger partial charge is 0.355 e. The Bertz CT molecular complexity index is 911. The topological polar surface area (TPSA) is 94.6 Å². The standard InChI is InChI=1S/C17H20N8O/c1-13-8-20-16(9-19-13)23-6-4-14(5-7-23)10-24-17(26)3-2-15(22-24)25-12-18-11-21-25/h2-3,8-9,11-12,14H,4-7,10H2,1H3. The third-order valence-corrected chi connectivity index (χ3v) is 4.64. The van der Waals surface area contributed by atoms with E-state index < -0.39 is 0 Å². The van der Waals surface area contributed by atoms with Crippen LogP contribution in [0.15, 0.2) is 42.0 Å². The lowest BCUT2D eigenvalue weighted by molar-refractivity contribution is 0.333. The van der Waals surface area contributed by atoms with E-state index in [2.05, 4.69) is 30.0 Å². The zero-order valence-electron chi connectivity index (χ0n) is 14.6. The molecule has 3 aromatic rings. The van der Waals surface area contributed by atoms with Gasteiger partial charge in [-0.05, 0) is 31.7 Å². The summed E-state index contributed by atoms with van der Waals surface area (Å²) >= 11 is 0. The minimum Gasteiger partial charge on any atom is -0.355 e. The maximum atomic E-state index is 12.2. The maximum Gasteiger partial charge on any atom is 0.266 e. The number of hydrogen-bond acceptors (Lipinski definition) is 7. The van der Waals surface area contributed by atoms with E-state index in [4.69, 9.17) is 0 Å². The van der Waals surface area contributed by atoms with E-state index >= 15 is 0 Å². The quantitative estimate of drug-likeness (QED) is 0.686. The van der Waals surface area contributed by atoms with Crippen LogP contribution in [-0.4, -0.2) is 47.6 Å². The van der Waals surface area contributed by atoms with Crippen molar-refractivity contribution >= 4 is 5.82 Å². The van der Waals surface area contributed by atoms with Crippen LogP contribution in [0, 0.1) is 12.8 Å². The smallest absolute Gasteiger partial charge is 0.266 e. The van der Waals surface area contributed by atoms with Gasteiger partial charge in [0.1, 0.15) is 18.5 Å². The fourth-order valence-electron chi connectivity index (χ4n) is 3.16. The Balaban J connectivity index is 1.42. The van der Waals surface area contributed by atoms with E-state index in [0.717, 1.165) is 37.4 Å². The van der Waals surface area contributed by atoms with E-state index in [1.807, 2.05) is 13.1 Å². The number of aryl methyl sites for hydroxylation is 1. The van der Waals surface area contributed by atoms with Gasteiger partial charge in [0, 0.05) is 25.7 Å². The van der Waals surface area contributed by atoms with Gasteiger partial charge >= 0.3 is 0 Å².